The Morgan fingerprint density at radius 2 is 1.56 bits per heavy atom. The minimum absolute atomic E-state index is 0.0229. The fourth-order valence-corrected chi connectivity index (χ4v) is 5.45. The van der Waals surface area contributed by atoms with E-state index >= 15 is 0 Å². The van der Waals surface area contributed by atoms with Crippen molar-refractivity contribution in [1.82, 2.24) is 9.80 Å². The lowest BCUT2D eigenvalue weighted by Gasteiger charge is -2.30. The second kappa shape index (κ2) is 9.71. The molecule has 1 saturated carbocycles. The highest BCUT2D eigenvalue weighted by Crippen LogP contribution is 2.31. The fourth-order valence-electron chi connectivity index (χ4n) is 5.45. The first-order valence-electron chi connectivity index (χ1n) is 12.6. The van der Waals surface area contributed by atoms with Gasteiger partial charge in [-0.15, -0.1) is 0 Å². The molecule has 5 rings (SSSR count). The molecule has 1 saturated heterocycles. The van der Waals surface area contributed by atoms with E-state index < -0.39 is 0 Å². The molecule has 2 aromatic rings. The Balaban J connectivity index is 1.23. The molecule has 0 atom stereocenters. The van der Waals surface area contributed by atoms with Crippen LogP contribution < -0.4 is 5.32 Å². The van der Waals surface area contributed by atoms with Gasteiger partial charge in [0, 0.05) is 23.8 Å². The van der Waals surface area contributed by atoms with Crippen LogP contribution in [0.25, 0.3) is 0 Å². The molecule has 0 unspecified atom stereocenters. The molecule has 2 heterocycles. The van der Waals surface area contributed by atoms with E-state index in [2.05, 4.69) is 29.3 Å². The molecule has 6 nitrogen and oxygen atoms in total. The molecule has 1 N–H and O–H groups in total. The van der Waals surface area contributed by atoms with Crippen LogP contribution in [-0.2, 0) is 6.54 Å². The van der Waals surface area contributed by atoms with Crippen LogP contribution in [0, 0.1) is 5.92 Å². The largest absolute Gasteiger partial charge is 0.322 e. The molecule has 0 radical (unpaired) electrons. The molecular formula is C28H33N3O3. The summed E-state index contributed by atoms with van der Waals surface area (Å²) >= 11 is 0. The number of hydrogen-bond acceptors (Lipinski definition) is 4. The maximum atomic E-state index is 13.0. The molecular weight excluding hydrogens is 426 g/mol. The van der Waals surface area contributed by atoms with E-state index in [0.717, 1.165) is 57.7 Å². The molecule has 2 aliphatic heterocycles. The van der Waals surface area contributed by atoms with Crippen molar-refractivity contribution >= 4 is 23.4 Å². The summed E-state index contributed by atoms with van der Waals surface area (Å²) in [6.07, 6.45) is 7.48. The number of fused-ring (bicyclic) bond motifs is 1. The molecule has 0 bridgehead atoms. The topological polar surface area (TPSA) is 69.7 Å². The Hall–Kier alpha value is -2.99. The zero-order valence-electron chi connectivity index (χ0n) is 19.9. The number of hydrogen-bond donors (Lipinski definition) is 1. The normalized spacial score (nSPS) is 20.0. The van der Waals surface area contributed by atoms with Gasteiger partial charge in [0.05, 0.1) is 11.1 Å². The van der Waals surface area contributed by atoms with Gasteiger partial charge in [0.25, 0.3) is 17.7 Å². The lowest BCUT2D eigenvalue weighted by atomic mass is 9.94. The number of carbonyl (C=O) groups is 3. The van der Waals surface area contributed by atoms with Crippen LogP contribution in [0.4, 0.5) is 5.69 Å². The van der Waals surface area contributed by atoms with E-state index in [-0.39, 0.29) is 23.8 Å². The number of imide groups is 1. The van der Waals surface area contributed by atoms with Crippen molar-refractivity contribution in [3.8, 4) is 0 Å². The number of piperidine rings is 1. The van der Waals surface area contributed by atoms with Gasteiger partial charge in [-0.2, -0.15) is 0 Å². The summed E-state index contributed by atoms with van der Waals surface area (Å²) < 4.78 is 0. The van der Waals surface area contributed by atoms with E-state index in [1.807, 2.05) is 12.1 Å². The lowest BCUT2D eigenvalue weighted by molar-refractivity contribution is 0.0549. The summed E-state index contributed by atoms with van der Waals surface area (Å²) in [4.78, 5) is 42.7. The zero-order chi connectivity index (χ0) is 23.7. The van der Waals surface area contributed by atoms with Crippen LogP contribution in [0.1, 0.15) is 88.5 Å². The van der Waals surface area contributed by atoms with Crippen LogP contribution in [0.2, 0.25) is 0 Å². The van der Waals surface area contributed by atoms with Gasteiger partial charge < -0.3 is 5.32 Å². The van der Waals surface area contributed by atoms with Crippen molar-refractivity contribution in [3.63, 3.8) is 0 Å². The lowest BCUT2D eigenvalue weighted by Crippen LogP contribution is -2.40. The number of nitrogens with one attached hydrogen (secondary N) is 1. The molecule has 3 aliphatic rings. The van der Waals surface area contributed by atoms with Crippen molar-refractivity contribution in [2.75, 3.05) is 18.4 Å². The van der Waals surface area contributed by atoms with Gasteiger partial charge in [-0.1, -0.05) is 38.3 Å². The SMILES string of the molecule is CC1CCN(Cc2ccc(NC(=O)c3ccc4c(c3)C(=O)N(C3CCCCC3)C4=O)cc2)CC1. The van der Waals surface area contributed by atoms with Crippen molar-refractivity contribution in [2.24, 2.45) is 5.92 Å². The first-order chi connectivity index (χ1) is 16.5. The fraction of sp³-hybridized carbons (Fsp3) is 0.464. The predicted molar refractivity (Wildman–Crippen MR) is 132 cm³/mol. The summed E-state index contributed by atoms with van der Waals surface area (Å²) in [6, 6.07) is 12.8. The van der Waals surface area contributed by atoms with E-state index in [9.17, 15) is 14.4 Å². The third-order valence-corrected chi connectivity index (χ3v) is 7.61. The van der Waals surface area contributed by atoms with E-state index in [4.69, 9.17) is 0 Å². The molecule has 178 valence electrons. The maximum absolute atomic E-state index is 13.0. The first kappa shape index (κ1) is 22.8. The second-order valence-electron chi connectivity index (χ2n) is 10.1. The van der Waals surface area contributed by atoms with Gasteiger partial charge in [0.15, 0.2) is 0 Å². The highest BCUT2D eigenvalue weighted by atomic mass is 16.2. The number of anilines is 1. The Labute approximate surface area is 201 Å². The summed E-state index contributed by atoms with van der Waals surface area (Å²) in [7, 11) is 0. The van der Waals surface area contributed by atoms with Gasteiger partial charge in [-0.05, 0) is 80.6 Å². The molecule has 6 heteroatoms. The second-order valence-corrected chi connectivity index (χ2v) is 10.1. The molecule has 2 aromatic carbocycles. The van der Waals surface area contributed by atoms with Gasteiger partial charge in [-0.25, -0.2) is 0 Å². The Morgan fingerprint density at radius 1 is 0.882 bits per heavy atom. The minimum atomic E-state index is -0.281. The van der Waals surface area contributed by atoms with Gasteiger partial charge in [0.1, 0.15) is 0 Å². The van der Waals surface area contributed by atoms with Crippen LogP contribution in [0.5, 0.6) is 0 Å². The molecule has 2 fully saturated rings. The van der Waals surface area contributed by atoms with Gasteiger partial charge in [-0.3, -0.25) is 24.2 Å². The summed E-state index contributed by atoms with van der Waals surface area (Å²) in [5.41, 5.74) is 3.08. The standard InChI is InChI=1S/C28H33N3O3/c1-19-13-15-30(16-14-19)18-20-7-10-22(11-8-20)29-26(32)21-9-12-24-25(17-21)28(34)31(27(24)33)23-5-3-2-4-6-23/h7-12,17,19,23H,2-6,13-16,18H2,1H3,(H,29,32). The molecule has 34 heavy (non-hydrogen) atoms. The zero-order valence-corrected chi connectivity index (χ0v) is 19.9. The Kier molecular flexibility index (Phi) is 6.50. The summed E-state index contributed by atoms with van der Waals surface area (Å²) in [6.45, 7) is 5.52. The number of amides is 3. The van der Waals surface area contributed by atoms with Crippen LogP contribution in [0.15, 0.2) is 42.5 Å². The quantitative estimate of drug-likeness (QED) is 0.632. The van der Waals surface area contributed by atoms with Crippen LogP contribution >= 0.6 is 0 Å². The third-order valence-electron chi connectivity index (χ3n) is 7.61. The third kappa shape index (κ3) is 4.64. The maximum Gasteiger partial charge on any atom is 0.261 e. The van der Waals surface area contributed by atoms with Crippen LogP contribution in [-0.4, -0.2) is 46.7 Å². The van der Waals surface area contributed by atoms with Gasteiger partial charge in [0.2, 0.25) is 0 Å². The Morgan fingerprint density at radius 3 is 2.26 bits per heavy atom. The molecule has 3 amide bonds. The molecule has 0 aromatic heterocycles. The number of carbonyl (C=O) groups excluding carboxylic acids is 3. The van der Waals surface area contributed by atoms with Crippen molar-refractivity contribution in [3.05, 3.63) is 64.7 Å². The van der Waals surface area contributed by atoms with Crippen molar-refractivity contribution < 1.29 is 14.4 Å². The highest BCUT2D eigenvalue weighted by Gasteiger charge is 2.40. The first-order valence-corrected chi connectivity index (χ1v) is 12.6. The number of rotatable bonds is 5. The predicted octanol–water partition coefficient (Wildman–Crippen LogP) is 5.10. The Bertz CT molecular complexity index is 1080. The average Bonchev–Trinajstić information content (AvgIpc) is 3.11. The average molecular weight is 460 g/mol. The van der Waals surface area contributed by atoms with E-state index in [0.29, 0.717) is 22.4 Å². The monoisotopic (exact) mass is 459 g/mol. The van der Waals surface area contributed by atoms with Crippen molar-refractivity contribution in [1.29, 1.82) is 0 Å². The molecule has 1 aliphatic carbocycles. The smallest absolute Gasteiger partial charge is 0.261 e. The minimum Gasteiger partial charge on any atom is -0.322 e. The van der Waals surface area contributed by atoms with E-state index in [1.54, 1.807) is 18.2 Å². The summed E-state index contributed by atoms with van der Waals surface area (Å²) in [5, 5.41) is 2.92. The van der Waals surface area contributed by atoms with E-state index in [1.165, 1.54) is 23.3 Å². The van der Waals surface area contributed by atoms with Crippen molar-refractivity contribution in [2.45, 2.75) is 64.5 Å². The van der Waals surface area contributed by atoms with Gasteiger partial charge >= 0.3 is 0 Å². The van der Waals surface area contributed by atoms with Crippen LogP contribution in [0.3, 0.4) is 0 Å². The number of nitrogens with zero attached hydrogens (tertiary/aromatic N) is 2. The highest BCUT2D eigenvalue weighted by molar-refractivity contribution is 6.22. The summed E-state index contributed by atoms with van der Waals surface area (Å²) in [5.74, 6) is 0.0457. The number of likely N-dealkylation sites (tertiary alicyclic amines) is 1. The number of benzene rings is 2. The molecule has 0 spiro atoms.